The Balaban J connectivity index is 1.78. The molecule has 1 heterocycles. The van der Waals surface area contributed by atoms with Gasteiger partial charge in [0, 0.05) is 26.1 Å². The molecule has 26 heavy (non-hydrogen) atoms. The number of fused-ring (bicyclic) bond motifs is 1. The normalized spacial score (nSPS) is 20.8. The van der Waals surface area contributed by atoms with Crippen LogP contribution in [-0.2, 0) is 14.3 Å². The minimum Gasteiger partial charge on any atom is -0.480 e. The zero-order chi connectivity index (χ0) is 18.5. The van der Waals surface area contributed by atoms with E-state index >= 15 is 0 Å². The van der Waals surface area contributed by atoms with Gasteiger partial charge < -0.3 is 15.2 Å². The maximum Gasteiger partial charge on any atom is 0.326 e. The first-order valence-corrected chi connectivity index (χ1v) is 9.44. The molecule has 138 valence electrons. The number of ether oxygens (including phenoxy) is 1. The number of allylic oxidation sites excluding steroid dienone is 2. The molecule has 0 spiro atoms. The van der Waals surface area contributed by atoms with Crippen molar-refractivity contribution < 1.29 is 19.4 Å². The highest BCUT2D eigenvalue weighted by atomic mass is 32.1. The van der Waals surface area contributed by atoms with E-state index in [-0.39, 0.29) is 30.8 Å². The number of carbonyl (C=O) groups excluding carboxylic acids is 1. The van der Waals surface area contributed by atoms with E-state index in [9.17, 15) is 14.7 Å². The highest BCUT2D eigenvalue weighted by molar-refractivity contribution is 7.18. The SMILES string of the molecule is COCCC(NC(=O)C1CC=CCC1c1nc2ccccc2s1)C(=O)O. The number of carboxylic acids is 1. The summed E-state index contributed by atoms with van der Waals surface area (Å²) in [6, 6.07) is 6.97. The molecular weight excluding hydrogens is 352 g/mol. The van der Waals surface area contributed by atoms with Crippen LogP contribution in [0.1, 0.15) is 30.2 Å². The fourth-order valence-corrected chi connectivity index (χ4v) is 4.34. The molecule has 1 aromatic carbocycles. The van der Waals surface area contributed by atoms with Crippen LogP contribution in [0.5, 0.6) is 0 Å². The third kappa shape index (κ3) is 4.11. The number of nitrogens with zero attached hydrogens (tertiary/aromatic N) is 1. The van der Waals surface area contributed by atoms with Crippen molar-refractivity contribution in [3.63, 3.8) is 0 Å². The molecule has 2 N–H and O–H groups in total. The number of hydrogen-bond acceptors (Lipinski definition) is 5. The van der Waals surface area contributed by atoms with Gasteiger partial charge in [-0.25, -0.2) is 9.78 Å². The molecule has 2 aromatic rings. The van der Waals surface area contributed by atoms with Crippen LogP contribution >= 0.6 is 11.3 Å². The van der Waals surface area contributed by atoms with Crippen LogP contribution in [0.2, 0.25) is 0 Å². The maximum atomic E-state index is 12.8. The highest BCUT2D eigenvalue weighted by Crippen LogP contribution is 2.38. The topological polar surface area (TPSA) is 88.5 Å². The number of aromatic nitrogens is 1. The smallest absolute Gasteiger partial charge is 0.326 e. The molecule has 3 atom stereocenters. The van der Waals surface area contributed by atoms with E-state index in [1.165, 1.54) is 7.11 Å². The zero-order valence-electron chi connectivity index (χ0n) is 14.6. The van der Waals surface area contributed by atoms with Gasteiger partial charge in [-0.1, -0.05) is 24.3 Å². The molecule has 1 amide bonds. The van der Waals surface area contributed by atoms with Gasteiger partial charge in [0.2, 0.25) is 5.91 Å². The first kappa shape index (κ1) is 18.5. The number of nitrogens with one attached hydrogen (secondary N) is 1. The van der Waals surface area contributed by atoms with Gasteiger partial charge in [-0.2, -0.15) is 0 Å². The van der Waals surface area contributed by atoms with Crippen LogP contribution in [0.15, 0.2) is 36.4 Å². The Morgan fingerprint density at radius 1 is 1.35 bits per heavy atom. The van der Waals surface area contributed by atoms with Gasteiger partial charge in [-0.05, 0) is 25.0 Å². The summed E-state index contributed by atoms with van der Waals surface area (Å²) < 4.78 is 6.04. The Hall–Kier alpha value is -2.25. The Bertz CT molecular complexity index is 784. The fourth-order valence-electron chi connectivity index (χ4n) is 3.20. The number of aliphatic carboxylic acids is 1. The van der Waals surface area contributed by atoms with Crippen molar-refractivity contribution in [1.29, 1.82) is 0 Å². The summed E-state index contributed by atoms with van der Waals surface area (Å²) in [5, 5.41) is 12.9. The monoisotopic (exact) mass is 374 g/mol. The summed E-state index contributed by atoms with van der Waals surface area (Å²) in [5.74, 6) is -1.63. The minimum atomic E-state index is -1.04. The number of carbonyl (C=O) groups is 2. The number of thiazole rings is 1. The van der Waals surface area contributed by atoms with Crippen LogP contribution in [0, 0.1) is 5.92 Å². The Morgan fingerprint density at radius 3 is 2.85 bits per heavy atom. The molecule has 3 unspecified atom stereocenters. The van der Waals surface area contributed by atoms with Gasteiger partial charge in [0.15, 0.2) is 0 Å². The lowest BCUT2D eigenvalue weighted by Gasteiger charge is -2.27. The van der Waals surface area contributed by atoms with E-state index in [0.717, 1.165) is 21.6 Å². The number of amides is 1. The average Bonchev–Trinajstić information content (AvgIpc) is 3.08. The van der Waals surface area contributed by atoms with E-state index in [0.29, 0.717) is 6.42 Å². The van der Waals surface area contributed by atoms with Gasteiger partial charge in [0.25, 0.3) is 0 Å². The third-order valence-electron chi connectivity index (χ3n) is 4.62. The van der Waals surface area contributed by atoms with E-state index < -0.39 is 12.0 Å². The predicted octanol–water partition coefficient (Wildman–Crippen LogP) is 2.95. The van der Waals surface area contributed by atoms with E-state index in [4.69, 9.17) is 9.72 Å². The Kier molecular flexibility index (Phi) is 6.00. The number of hydrogen-bond donors (Lipinski definition) is 2. The van der Waals surface area contributed by atoms with Crippen molar-refractivity contribution >= 4 is 33.4 Å². The molecule has 0 saturated carbocycles. The van der Waals surface area contributed by atoms with Crippen LogP contribution in [0.3, 0.4) is 0 Å². The first-order valence-electron chi connectivity index (χ1n) is 8.62. The molecule has 0 saturated heterocycles. The molecule has 0 fully saturated rings. The van der Waals surface area contributed by atoms with Gasteiger partial charge in [0.1, 0.15) is 6.04 Å². The molecule has 0 radical (unpaired) electrons. The Morgan fingerprint density at radius 2 is 2.12 bits per heavy atom. The molecule has 7 heteroatoms. The lowest BCUT2D eigenvalue weighted by molar-refractivity contribution is -0.143. The van der Waals surface area contributed by atoms with Crippen LogP contribution in [-0.4, -0.2) is 41.7 Å². The van der Waals surface area contributed by atoms with Gasteiger partial charge >= 0.3 is 5.97 Å². The molecule has 0 aliphatic heterocycles. The number of rotatable bonds is 7. The number of benzene rings is 1. The molecule has 6 nitrogen and oxygen atoms in total. The quantitative estimate of drug-likeness (QED) is 0.728. The second-order valence-corrected chi connectivity index (χ2v) is 7.42. The summed E-state index contributed by atoms with van der Waals surface area (Å²) in [6.45, 7) is 0.281. The third-order valence-corrected chi connectivity index (χ3v) is 5.79. The summed E-state index contributed by atoms with van der Waals surface area (Å²) in [4.78, 5) is 28.9. The first-order chi connectivity index (χ1) is 12.6. The second kappa shape index (κ2) is 8.42. The number of carboxylic acid groups (broad SMARTS) is 1. The van der Waals surface area contributed by atoms with Crippen molar-refractivity contribution in [1.82, 2.24) is 10.3 Å². The van der Waals surface area contributed by atoms with Gasteiger partial charge in [-0.15, -0.1) is 11.3 Å². The average molecular weight is 374 g/mol. The van der Waals surface area contributed by atoms with Crippen LogP contribution in [0.25, 0.3) is 10.2 Å². The number of para-hydroxylation sites is 1. The fraction of sp³-hybridized carbons (Fsp3) is 0.421. The van der Waals surface area contributed by atoms with Crippen LogP contribution in [0.4, 0.5) is 0 Å². The summed E-state index contributed by atoms with van der Waals surface area (Å²) >= 11 is 1.60. The summed E-state index contributed by atoms with van der Waals surface area (Å²) in [5.41, 5.74) is 0.935. The minimum absolute atomic E-state index is 0.0331. The maximum absolute atomic E-state index is 12.8. The standard InChI is InChI=1S/C19H22N2O4S/c1-25-11-10-15(19(23)24)20-17(22)12-6-2-3-7-13(12)18-21-14-8-4-5-9-16(14)26-18/h2-5,8-9,12-13,15H,6-7,10-11H2,1H3,(H,20,22)(H,23,24). The van der Waals surface area contributed by atoms with E-state index in [2.05, 4.69) is 11.4 Å². The van der Waals surface area contributed by atoms with Crippen molar-refractivity contribution in [3.8, 4) is 0 Å². The summed E-state index contributed by atoms with van der Waals surface area (Å²) in [6.07, 6.45) is 5.61. The largest absolute Gasteiger partial charge is 0.480 e. The lowest BCUT2D eigenvalue weighted by atomic mass is 9.82. The van der Waals surface area contributed by atoms with Crippen molar-refractivity contribution in [2.45, 2.75) is 31.2 Å². The second-order valence-electron chi connectivity index (χ2n) is 6.36. The molecular formula is C19H22N2O4S. The number of methoxy groups -OCH3 is 1. The van der Waals surface area contributed by atoms with E-state index in [1.54, 1.807) is 11.3 Å². The summed E-state index contributed by atoms with van der Waals surface area (Å²) in [7, 11) is 1.51. The predicted molar refractivity (Wildman–Crippen MR) is 100 cm³/mol. The highest BCUT2D eigenvalue weighted by Gasteiger charge is 2.34. The molecule has 3 rings (SSSR count). The van der Waals surface area contributed by atoms with Crippen molar-refractivity contribution in [2.24, 2.45) is 5.92 Å². The molecule has 0 bridgehead atoms. The van der Waals surface area contributed by atoms with Gasteiger partial charge in [-0.3, -0.25) is 4.79 Å². The van der Waals surface area contributed by atoms with Crippen molar-refractivity contribution in [3.05, 3.63) is 41.4 Å². The Labute approximate surface area is 155 Å². The zero-order valence-corrected chi connectivity index (χ0v) is 15.4. The van der Waals surface area contributed by atoms with E-state index in [1.807, 2.05) is 30.3 Å². The molecule has 1 aromatic heterocycles. The van der Waals surface area contributed by atoms with Gasteiger partial charge in [0.05, 0.1) is 21.1 Å². The lowest BCUT2D eigenvalue weighted by Crippen LogP contribution is -2.45. The molecule has 1 aliphatic rings. The molecule has 1 aliphatic carbocycles. The van der Waals surface area contributed by atoms with Crippen LogP contribution < -0.4 is 5.32 Å². The van der Waals surface area contributed by atoms with Crippen molar-refractivity contribution in [2.75, 3.05) is 13.7 Å².